The van der Waals surface area contributed by atoms with Gasteiger partial charge in [0.1, 0.15) is 5.82 Å². The Balaban J connectivity index is 2.39. The number of pyridine rings is 1. The van der Waals surface area contributed by atoms with E-state index in [9.17, 15) is 4.39 Å². The minimum Gasteiger partial charge on any atom is -0.305 e. The van der Waals surface area contributed by atoms with Crippen LogP contribution < -0.4 is 5.32 Å². The predicted molar refractivity (Wildman–Crippen MR) is 78.0 cm³/mol. The zero-order chi connectivity index (χ0) is 13.7. The summed E-state index contributed by atoms with van der Waals surface area (Å²) in [4.78, 5) is 5.04. The maximum atomic E-state index is 14.0. The Morgan fingerprint density at radius 2 is 2.21 bits per heavy atom. The van der Waals surface area contributed by atoms with Crippen molar-refractivity contribution >= 4 is 11.3 Å². The lowest BCUT2D eigenvalue weighted by molar-refractivity contribution is 0.545. The van der Waals surface area contributed by atoms with Gasteiger partial charge in [-0.15, -0.1) is 11.3 Å². The molecule has 102 valence electrons. The summed E-state index contributed by atoms with van der Waals surface area (Å²) in [7, 11) is 0. The van der Waals surface area contributed by atoms with E-state index in [1.165, 1.54) is 16.6 Å². The molecule has 0 aromatic carbocycles. The molecule has 1 unspecified atom stereocenters. The minimum atomic E-state index is -0.244. The molecular weight excluding hydrogens is 259 g/mol. The van der Waals surface area contributed by atoms with Crippen LogP contribution in [-0.2, 0) is 6.42 Å². The van der Waals surface area contributed by atoms with Crippen LogP contribution in [0.4, 0.5) is 4.39 Å². The number of hydrogen-bond acceptors (Lipinski definition) is 3. The molecule has 1 N–H and O–H groups in total. The molecule has 0 spiro atoms. The molecule has 0 aliphatic heterocycles. The van der Waals surface area contributed by atoms with Crippen LogP contribution in [0.3, 0.4) is 0 Å². The molecule has 2 aromatic heterocycles. The zero-order valence-electron chi connectivity index (χ0n) is 11.3. The van der Waals surface area contributed by atoms with Crippen LogP contribution in [0.5, 0.6) is 0 Å². The summed E-state index contributed by atoms with van der Waals surface area (Å²) in [5.41, 5.74) is 1.97. The number of aryl methyl sites for hydroxylation is 1. The third-order valence-corrected chi connectivity index (χ3v) is 4.16. The largest absolute Gasteiger partial charge is 0.305 e. The van der Waals surface area contributed by atoms with Crippen molar-refractivity contribution in [2.24, 2.45) is 0 Å². The highest BCUT2D eigenvalue weighted by Crippen LogP contribution is 2.31. The van der Waals surface area contributed by atoms with E-state index in [0.717, 1.165) is 19.4 Å². The molecule has 0 bridgehead atoms. The molecule has 2 heterocycles. The van der Waals surface area contributed by atoms with E-state index < -0.39 is 0 Å². The molecule has 2 aromatic rings. The fraction of sp³-hybridized carbons (Fsp3) is 0.400. The fourth-order valence-corrected chi connectivity index (χ4v) is 3.23. The van der Waals surface area contributed by atoms with E-state index in [2.05, 4.69) is 35.6 Å². The number of nitrogens with one attached hydrogen (secondary N) is 1. The van der Waals surface area contributed by atoms with E-state index in [1.54, 1.807) is 23.6 Å². The van der Waals surface area contributed by atoms with Crippen molar-refractivity contribution in [2.75, 3.05) is 6.54 Å². The zero-order valence-corrected chi connectivity index (χ0v) is 12.1. The van der Waals surface area contributed by atoms with E-state index in [1.807, 2.05) is 0 Å². The second-order valence-electron chi connectivity index (χ2n) is 4.45. The summed E-state index contributed by atoms with van der Waals surface area (Å²) < 4.78 is 14.0. The second-order valence-corrected chi connectivity index (χ2v) is 5.40. The number of aromatic nitrogens is 1. The lowest BCUT2D eigenvalue weighted by Gasteiger charge is -2.19. The van der Waals surface area contributed by atoms with Crippen LogP contribution in [0.25, 0.3) is 0 Å². The molecule has 2 nitrogen and oxygen atoms in total. The normalized spacial score (nSPS) is 12.6. The highest BCUT2D eigenvalue weighted by Gasteiger charge is 2.20. The van der Waals surface area contributed by atoms with Crippen LogP contribution in [-0.4, -0.2) is 11.5 Å². The van der Waals surface area contributed by atoms with E-state index in [0.29, 0.717) is 5.56 Å². The van der Waals surface area contributed by atoms with Gasteiger partial charge in [-0.05, 0) is 42.5 Å². The molecule has 0 aliphatic rings. The van der Waals surface area contributed by atoms with Gasteiger partial charge in [-0.2, -0.15) is 0 Å². The van der Waals surface area contributed by atoms with Crippen LogP contribution in [0.1, 0.15) is 42.3 Å². The van der Waals surface area contributed by atoms with Gasteiger partial charge in [-0.25, -0.2) is 4.39 Å². The number of nitrogens with zero attached hydrogens (tertiary/aromatic N) is 1. The average Bonchev–Trinajstić information content (AvgIpc) is 2.89. The Labute approximate surface area is 117 Å². The van der Waals surface area contributed by atoms with Crippen molar-refractivity contribution in [3.63, 3.8) is 0 Å². The molecule has 19 heavy (non-hydrogen) atoms. The monoisotopic (exact) mass is 278 g/mol. The first kappa shape index (κ1) is 14.2. The Bertz CT molecular complexity index is 524. The molecule has 4 heteroatoms. The topological polar surface area (TPSA) is 24.9 Å². The molecule has 0 saturated carbocycles. The van der Waals surface area contributed by atoms with Gasteiger partial charge in [0.25, 0.3) is 0 Å². The molecule has 0 aliphatic carbocycles. The first-order chi connectivity index (χ1) is 9.27. The third kappa shape index (κ3) is 3.19. The Hall–Kier alpha value is -1.26. The molecule has 0 amide bonds. The molecular formula is C15H19FN2S. The molecule has 0 fully saturated rings. The summed E-state index contributed by atoms with van der Waals surface area (Å²) in [6.45, 7) is 5.11. The van der Waals surface area contributed by atoms with Crippen molar-refractivity contribution < 1.29 is 4.39 Å². The summed E-state index contributed by atoms with van der Waals surface area (Å²) in [6, 6.07) is 3.82. The van der Waals surface area contributed by atoms with Gasteiger partial charge in [0.15, 0.2) is 0 Å². The summed E-state index contributed by atoms with van der Waals surface area (Å²) in [5, 5.41) is 5.52. The SMILES string of the molecule is CCCNC(c1ccncc1F)c1sccc1CC. The van der Waals surface area contributed by atoms with Crippen LogP contribution >= 0.6 is 11.3 Å². The average molecular weight is 278 g/mol. The standard InChI is InChI=1S/C15H19FN2S/c1-3-7-18-14(12-5-8-17-10-13(12)16)15-11(4-2)6-9-19-15/h5-6,8-10,14,18H,3-4,7H2,1-2H3. The van der Waals surface area contributed by atoms with Gasteiger partial charge in [0.05, 0.1) is 12.2 Å². The maximum Gasteiger partial charge on any atom is 0.146 e. The van der Waals surface area contributed by atoms with Gasteiger partial charge < -0.3 is 5.32 Å². The smallest absolute Gasteiger partial charge is 0.146 e. The molecule has 0 saturated heterocycles. The summed E-state index contributed by atoms with van der Waals surface area (Å²) in [6.07, 6.45) is 4.93. The number of hydrogen-bond donors (Lipinski definition) is 1. The van der Waals surface area contributed by atoms with Crippen molar-refractivity contribution in [3.8, 4) is 0 Å². The van der Waals surface area contributed by atoms with Crippen molar-refractivity contribution in [1.82, 2.24) is 10.3 Å². The van der Waals surface area contributed by atoms with E-state index in [4.69, 9.17) is 0 Å². The molecule has 0 radical (unpaired) electrons. The highest BCUT2D eigenvalue weighted by molar-refractivity contribution is 7.10. The minimum absolute atomic E-state index is 0.0714. The van der Waals surface area contributed by atoms with Gasteiger partial charge in [-0.1, -0.05) is 13.8 Å². The van der Waals surface area contributed by atoms with Crippen molar-refractivity contribution in [1.29, 1.82) is 0 Å². The van der Waals surface area contributed by atoms with Gasteiger partial charge in [0, 0.05) is 16.6 Å². The summed E-state index contributed by atoms with van der Waals surface area (Å²) in [5.74, 6) is -0.244. The fourth-order valence-electron chi connectivity index (χ4n) is 2.15. The van der Waals surface area contributed by atoms with Gasteiger partial charge in [0.2, 0.25) is 0 Å². The third-order valence-electron chi connectivity index (χ3n) is 3.14. The van der Waals surface area contributed by atoms with Gasteiger partial charge >= 0.3 is 0 Å². The maximum absolute atomic E-state index is 14.0. The predicted octanol–water partition coefficient (Wildman–Crippen LogP) is 3.93. The van der Waals surface area contributed by atoms with Crippen molar-refractivity contribution in [2.45, 2.75) is 32.7 Å². The highest BCUT2D eigenvalue weighted by atomic mass is 32.1. The number of rotatable bonds is 6. The lowest BCUT2D eigenvalue weighted by atomic mass is 10.0. The Morgan fingerprint density at radius 3 is 2.89 bits per heavy atom. The lowest BCUT2D eigenvalue weighted by Crippen LogP contribution is -2.24. The Kier molecular flexibility index (Phi) is 5.05. The number of halogens is 1. The van der Waals surface area contributed by atoms with E-state index >= 15 is 0 Å². The van der Waals surface area contributed by atoms with Crippen LogP contribution in [0, 0.1) is 5.82 Å². The van der Waals surface area contributed by atoms with Crippen LogP contribution in [0.2, 0.25) is 0 Å². The first-order valence-electron chi connectivity index (χ1n) is 6.67. The second kappa shape index (κ2) is 6.78. The Morgan fingerprint density at radius 1 is 1.37 bits per heavy atom. The van der Waals surface area contributed by atoms with Crippen LogP contribution in [0.15, 0.2) is 29.9 Å². The quantitative estimate of drug-likeness (QED) is 0.866. The van der Waals surface area contributed by atoms with Gasteiger partial charge in [-0.3, -0.25) is 4.98 Å². The first-order valence-corrected chi connectivity index (χ1v) is 7.54. The summed E-state index contributed by atoms with van der Waals surface area (Å²) >= 11 is 1.69. The van der Waals surface area contributed by atoms with Crippen molar-refractivity contribution in [3.05, 3.63) is 51.7 Å². The van der Waals surface area contributed by atoms with E-state index in [-0.39, 0.29) is 11.9 Å². The molecule has 2 rings (SSSR count). The molecule has 1 atom stereocenters. The number of thiophene rings is 1.